The number of carbonyl (C=O) groups is 2. The van der Waals surface area contributed by atoms with Crippen LogP contribution >= 0.6 is 11.6 Å². The molecule has 0 aliphatic rings. The summed E-state index contributed by atoms with van der Waals surface area (Å²) < 4.78 is 5.71. The number of nitrogens with one attached hydrogen (secondary N) is 2. The first-order valence-electron chi connectivity index (χ1n) is 8.70. The molecule has 0 aromatic heterocycles. The van der Waals surface area contributed by atoms with Gasteiger partial charge in [0, 0.05) is 16.3 Å². The SMILES string of the molecule is O=C(CNC(=O)c1ccccc1)Nc1ccc(OCc2ccc(Cl)cc2)cc1. The van der Waals surface area contributed by atoms with E-state index in [-0.39, 0.29) is 18.4 Å². The molecular formula is C22H19ClN2O3. The number of amides is 2. The number of hydrogen-bond acceptors (Lipinski definition) is 3. The van der Waals surface area contributed by atoms with E-state index in [1.54, 1.807) is 48.5 Å². The Kier molecular flexibility index (Phi) is 6.65. The number of anilines is 1. The van der Waals surface area contributed by atoms with Gasteiger partial charge in [-0.25, -0.2) is 0 Å². The number of rotatable bonds is 7. The van der Waals surface area contributed by atoms with Gasteiger partial charge in [-0.1, -0.05) is 41.9 Å². The Hall–Kier alpha value is -3.31. The highest BCUT2D eigenvalue weighted by Gasteiger charge is 2.08. The highest BCUT2D eigenvalue weighted by Crippen LogP contribution is 2.18. The lowest BCUT2D eigenvalue weighted by Gasteiger charge is -2.09. The van der Waals surface area contributed by atoms with Gasteiger partial charge >= 0.3 is 0 Å². The average Bonchev–Trinajstić information content (AvgIpc) is 2.73. The summed E-state index contributed by atoms with van der Waals surface area (Å²) in [6.07, 6.45) is 0. The van der Waals surface area contributed by atoms with E-state index in [1.165, 1.54) is 0 Å². The Morgan fingerprint density at radius 3 is 2.21 bits per heavy atom. The lowest BCUT2D eigenvalue weighted by molar-refractivity contribution is -0.115. The summed E-state index contributed by atoms with van der Waals surface area (Å²) in [5.74, 6) is 0.0890. The molecule has 0 heterocycles. The number of ether oxygens (including phenoxy) is 1. The van der Waals surface area contributed by atoms with E-state index in [1.807, 2.05) is 30.3 Å². The second-order valence-corrected chi connectivity index (χ2v) is 6.47. The van der Waals surface area contributed by atoms with Crippen LogP contribution in [0.1, 0.15) is 15.9 Å². The fourth-order valence-electron chi connectivity index (χ4n) is 2.44. The zero-order valence-corrected chi connectivity index (χ0v) is 15.8. The van der Waals surface area contributed by atoms with E-state index in [0.717, 1.165) is 5.56 Å². The number of halogens is 1. The molecule has 0 saturated carbocycles. The van der Waals surface area contributed by atoms with Crippen LogP contribution in [0.3, 0.4) is 0 Å². The van der Waals surface area contributed by atoms with Gasteiger partial charge in [-0.3, -0.25) is 9.59 Å². The molecule has 6 heteroatoms. The molecule has 142 valence electrons. The van der Waals surface area contributed by atoms with Gasteiger partial charge in [-0.05, 0) is 54.1 Å². The Labute approximate surface area is 168 Å². The average molecular weight is 395 g/mol. The van der Waals surface area contributed by atoms with Crippen molar-refractivity contribution in [3.05, 3.63) is 95.0 Å². The molecule has 0 radical (unpaired) electrons. The number of carbonyl (C=O) groups excluding carboxylic acids is 2. The zero-order chi connectivity index (χ0) is 19.8. The Bertz CT molecular complexity index is 926. The normalized spacial score (nSPS) is 10.2. The fourth-order valence-corrected chi connectivity index (χ4v) is 2.57. The molecule has 0 aliphatic carbocycles. The van der Waals surface area contributed by atoms with Crippen molar-refractivity contribution in [3.8, 4) is 5.75 Å². The minimum Gasteiger partial charge on any atom is -0.489 e. The smallest absolute Gasteiger partial charge is 0.251 e. The van der Waals surface area contributed by atoms with Crippen molar-refractivity contribution in [3.63, 3.8) is 0 Å². The second kappa shape index (κ2) is 9.58. The van der Waals surface area contributed by atoms with Crippen molar-refractivity contribution in [2.75, 3.05) is 11.9 Å². The van der Waals surface area contributed by atoms with Crippen molar-refractivity contribution in [2.45, 2.75) is 6.61 Å². The fraction of sp³-hybridized carbons (Fsp3) is 0.0909. The molecule has 0 atom stereocenters. The number of benzene rings is 3. The first-order valence-corrected chi connectivity index (χ1v) is 9.08. The summed E-state index contributed by atoms with van der Waals surface area (Å²) in [6.45, 7) is 0.316. The van der Waals surface area contributed by atoms with Gasteiger partial charge in [-0.15, -0.1) is 0 Å². The van der Waals surface area contributed by atoms with E-state index in [4.69, 9.17) is 16.3 Å². The van der Waals surface area contributed by atoms with Crippen molar-refractivity contribution >= 4 is 29.1 Å². The van der Waals surface area contributed by atoms with Crippen molar-refractivity contribution in [1.29, 1.82) is 0 Å². The van der Waals surface area contributed by atoms with E-state index in [2.05, 4.69) is 10.6 Å². The molecule has 3 rings (SSSR count). The third-order valence-electron chi connectivity index (χ3n) is 3.90. The molecular weight excluding hydrogens is 376 g/mol. The van der Waals surface area contributed by atoms with Crippen LogP contribution in [0.5, 0.6) is 5.75 Å². The van der Waals surface area contributed by atoms with Crippen LogP contribution in [0.15, 0.2) is 78.9 Å². The maximum absolute atomic E-state index is 12.0. The molecule has 0 aliphatic heterocycles. The van der Waals surface area contributed by atoms with Gasteiger partial charge in [0.1, 0.15) is 12.4 Å². The first kappa shape index (κ1) is 19.5. The largest absolute Gasteiger partial charge is 0.489 e. The topological polar surface area (TPSA) is 67.4 Å². The van der Waals surface area contributed by atoms with E-state index >= 15 is 0 Å². The van der Waals surface area contributed by atoms with Crippen LogP contribution in [0, 0.1) is 0 Å². The maximum Gasteiger partial charge on any atom is 0.251 e. The Morgan fingerprint density at radius 2 is 1.54 bits per heavy atom. The van der Waals surface area contributed by atoms with Crippen LogP contribution in [-0.4, -0.2) is 18.4 Å². The molecule has 0 saturated heterocycles. The summed E-state index contributed by atoms with van der Waals surface area (Å²) in [5, 5.41) is 6.00. The maximum atomic E-state index is 12.0. The third kappa shape index (κ3) is 5.86. The molecule has 0 spiro atoms. The van der Waals surface area contributed by atoms with Crippen LogP contribution < -0.4 is 15.4 Å². The predicted octanol–water partition coefficient (Wildman–Crippen LogP) is 4.29. The third-order valence-corrected chi connectivity index (χ3v) is 4.15. The lowest BCUT2D eigenvalue weighted by atomic mass is 10.2. The van der Waals surface area contributed by atoms with E-state index < -0.39 is 0 Å². The van der Waals surface area contributed by atoms with E-state index in [0.29, 0.717) is 28.6 Å². The molecule has 5 nitrogen and oxygen atoms in total. The van der Waals surface area contributed by atoms with Gasteiger partial charge in [0.2, 0.25) is 5.91 Å². The molecule has 0 fully saturated rings. The molecule has 0 bridgehead atoms. The first-order chi connectivity index (χ1) is 13.6. The van der Waals surface area contributed by atoms with Crippen molar-refractivity contribution in [1.82, 2.24) is 5.32 Å². The van der Waals surface area contributed by atoms with Crippen molar-refractivity contribution in [2.24, 2.45) is 0 Å². The zero-order valence-electron chi connectivity index (χ0n) is 15.0. The molecule has 0 unspecified atom stereocenters. The minimum absolute atomic E-state index is 0.109. The summed E-state index contributed by atoms with van der Waals surface area (Å²) in [5.41, 5.74) is 2.14. The minimum atomic E-state index is -0.306. The quantitative estimate of drug-likeness (QED) is 0.628. The summed E-state index contributed by atoms with van der Waals surface area (Å²) in [4.78, 5) is 23.9. The van der Waals surface area contributed by atoms with E-state index in [9.17, 15) is 9.59 Å². The molecule has 2 amide bonds. The number of hydrogen-bond donors (Lipinski definition) is 2. The summed E-state index contributed by atoms with van der Waals surface area (Å²) >= 11 is 5.86. The predicted molar refractivity (Wildman–Crippen MR) is 110 cm³/mol. The monoisotopic (exact) mass is 394 g/mol. The molecule has 3 aromatic carbocycles. The van der Waals surface area contributed by atoms with Gasteiger partial charge < -0.3 is 15.4 Å². The molecule has 2 N–H and O–H groups in total. The van der Waals surface area contributed by atoms with Gasteiger partial charge in [0.05, 0.1) is 6.54 Å². The second-order valence-electron chi connectivity index (χ2n) is 6.04. The summed E-state index contributed by atoms with van der Waals surface area (Å²) in [6, 6.07) is 23.2. The molecule has 28 heavy (non-hydrogen) atoms. The Morgan fingerprint density at radius 1 is 0.857 bits per heavy atom. The van der Waals surface area contributed by atoms with Crippen LogP contribution in [0.2, 0.25) is 5.02 Å². The summed E-state index contributed by atoms with van der Waals surface area (Å²) in [7, 11) is 0. The van der Waals surface area contributed by atoms with Gasteiger partial charge in [0.15, 0.2) is 0 Å². The standard InChI is InChI=1S/C22H19ClN2O3/c23-18-8-6-16(7-9-18)15-28-20-12-10-19(11-13-20)25-21(26)14-24-22(27)17-4-2-1-3-5-17/h1-13H,14-15H2,(H,24,27)(H,25,26). The van der Waals surface area contributed by atoms with Gasteiger partial charge in [-0.2, -0.15) is 0 Å². The van der Waals surface area contributed by atoms with Crippen LogP contribution in [0.4, 0.5) is 5.69 Å². The lowest BCUT2D eigenvalue weighted by Crippen LogP contribution is -2.32. The Balaban J connectivity index is 1.45. The highest BCUT2D eigenvalue weighted by molar-refractivity contribution is 6.30. The molecule has 3 aromatic rings. The van der Waals surface area contributed by atoms with Crippen LogP contribution in [-0.2, 0) is 11.4 Å². The van der Waals surface area contributed by atoms with Gasteiger partial charge in [0.25, 0.3) is 5.91 Å². The highest BCUT2D eigenvalue weighted by atomic mass is 35.5. The van der Waals surface area contributed by atoms with Crippen molar-refractivity contribution < 1.29 is 14.3 Å². The van der Waals surface area contributed by atoms with Crippen LogP contribution in [0.25, 0.3) is 0 Å².